The van der Waals surface area contributed by atoms with Crippen LogP contribution in [0, 0.1) is 37.7 Å². The number of carbonyl (C=O) groups excluding carboxylic acids is 1. The second-order valence-electron chi connectivity index (χ2n) is 0.845. The Morgan fingerprint density at radius 3 is 2.14 bits per heavy atom. The van der Waals surface area contributed by atoms with Crippen LogP contribution in [0.4, 0.5) is 0 Å². The molecule has 40 valence electrons. The number of hydrogen-bond acceptors (Lipinski definition) is 2. The third kappa shape index (κ3) is 10.8. The van der Waals surface area contributed by atoms with Crippen LogP contribution < -0.4 is 0 Å². The molecule has 0 aromatic carbocycles. The average Bonchev–Trinajstić information content (AvgIpc) is 1.35. The Hall–Kier alpha value is 0.522. The van der Waals surface area contributed by atoms with E-state index >= 15 is 0 Å². The van der Waals surface area contributed by atoms with Crippen LogP contribution in [-0.4, -0.2) is 5.97 Å². The first-order valence-electron chi connectivity index (χ1n) is 1.72. The number of ether oxygens (including phenoxy) is 1. The van der Waals surface area contributed by atoms with Gasteiger partial charge >= 0.3 is 0 Å². The van der Waals surface area contributed by atoms with Crippen molar-refractivity contribution in [2.45, 2.75) is 13.8 Å². The Balaban J connectivity index is 0. The first-order valence-corrected chi connectivity index (χ1v) is 1.72. The van der Waals surface area contributed by atoms with Gasteiger partial charge in [0.2, 0.25) is 0 Å². The molecule has 0 N–H and O–H groups in total. The Kier molecular flexibility index (Phi) is 9.78. The maximum absolute atomic E-state index is 9.79. The van der Waals surface area contributed by atoms with E-state index in [9.17, 15) is 4.79 Å². The van der Waals surface area contributed by atoms with E-state index in [1.807, 2.05) is 0 Å². The van der Waals surface area contributed by atoms with E-state index in [1.165, 1.54) is 13.5 Å². The van der Waals surface area contributed by atoms with Crippen molar-refractivity contribution in [2.24, 2.45) is 0 Å². The molecule has 0 rings (SSSR count). The van der Waals surface area contributed by atoms with Gasteiger partial charge in [0.25, 0.3) is 5.97 Å². The van der Waals surface area contributed by atoms with E-state index in [0.29, 0.717) is 0 Å². The fraction of sp³-hybridized carbons (Fsp3) is 0.500. The first-order chi connectivity index (χ1) is 2.77. The number of esters is 1. The van der Waals surface area contributed by atoms with Crippen LogP contribution >= 0.6 is 0 Å². The normalized spacial score (nSPS) is 6.57. The summed E-state index contributed by atoms with van der Waals surface area (Å²) in [7, 11) is 0. The van der Waals surface area contributed by atoms with E-state index < -0.39 is 0 Å². The average molecular weight is 325 g/mol. The van der Waals surface area contributed by atoms with Crippen molar-refractivity contribution in [1.29, 1.82) is 0 Å². The topological polar surface area (TPSA) is 26.3 Å². The summed E-state index contributed by atoms with van der Waals surface area (Å²) in [6, 6.07) is 0. The van der Waals surface area contributed by atoms with Gasteiger partial charge in [-0.2, -0.15) is 13.5 Å². The standard InChI is InChI=1S/C4H7O2.U/c1-3-6-4(2)5;/h3H,1-2H3;/q-1;. The van der Waals surface area contributed by atoms with E-state index in [0.717, 1.165) is 0 Å². The van der Waals surface area contributed by atoms with Crippen molar-refractivity contribution in [3.05, 3.63) is 6.61 Å². The van der Waals surface area contributed by atoms with Gasteiger partial charge in [-0.25, -0.2) is 0 Å². The van der Waals surface area contributed by atoms with Gasteiger partial charge in [0.05, 0.1) is 0 Å². The molecule has 0 saturated carbocycles. The number of rotatable bonds is 1. The van der Waals surface area contributed by atoms with Crippen LogP contribution in [0.3, 0.4) is 0 Å². The van der Waals surface area contributed by atoms with E-state index in [1.54, 1.807) is 6.92 Å². The monoisotopic (exact) mass is 325 g/mol. The molecular formula is C4H7O2U-. The van der Waals surface area contributed by atoms with E-state index in [2.05, 4.69) is 4.74 Å². The molecule has 0 atom stereocenters. The summed E-state index contributed by atoms with van der Waals surface area (Å²) in [5.74, 6) is -0.266. The maximum atomic E-state index is 9.79. The van der Waals surface area contributed by atoms with Crippen LogP contribution in [0.25, 0.3) is 0 Å². The van der Waals surface area contributed by atoms with Gasteiger partial charge in [-0.05, 0) is 0 Å². The Labute approximate surface area is 67.0 Å². The zero-order valence-corrected chi connectivity index (χ0v) is 8.56. The summed E-state index contributed by atoms with van der Waals surface area (Å²) in [5, 5.41) is 0. The molecule has 0 radical (unpaired) electrons. The van der Waals surface area contributed by atoms with Crippen LogP contribution in [-0.2, 0) is 9.53 Å². The quantitative estimate of drug-likeness (QED) is 0.525. The molecule has 7 heavy (non-hydrogen) atoms. The smallest absolute Gasteiger partial charge is 0.271 e. The molecule has 3 heteroatoms. The molecule has 0 aromatic heterocycles. The second kappa shape index (κ2) is 6.52. The predicted molar refractivity (Wildman–Crippen MR) is 21.7 cm³/mol. The molecule has 0 amide bonds. The van der Waals surface area contributed by atoms with Crippen molar-refractivity contribution in [3.63, 3.8) is 0 Å². The third-order valence-electron chi connectivity index (χ3n) is 0.284. The van der Waals surface area contributed by atoms with Crippen LogP contribution in [0.2, 0.25) is 0 Å². The van der Waals surface area contributed by atoms with Crippen molar-refractivity contribution in [3.8, 4) is 0 Å². The van der Waals surface area contributed by atoms with Crippen molar-refractivity contribution in [1.82, 2.24) is 0 Å². The molecule has 0 aliphatic heterocycles. The Morgan fingerprint density at radius 1 is 1.71 bits per heavy atom. The summed E-state index contributed by atoms with van der Waals surface area (Å²) < 4.78 is 4.28. The zero-order valence-electron chi connectivity index (χ0n) is 4.39. The van der Waals surface area contributed by atoms with Gasteiger partial charge in [0.15, 0.2) is 0 Å². The summed E-state index contributed by atoms with van der Waals surface area (Å²) in [6.45, 7) is 4.36. The number of carbonyl (C=O) groups is 1. The molecule has 0 unspecified atom stereocenters. The molecule has 0 aromatic rings. The van der Waals surface area contributed by atoms with Crippen LogP contribution in [0.5, 0.6) is 0 Å². The van der Waals surface area contributed by atoms with Gasteiger partial charge in [-0.1, -0.05) is 0 Å². The molecule has 0 fully saturated rings. The van der Waals surface area contributed by atoms with Gasteiger partial charge in [0.1, 0.15) is 0 Å². The fourth-order valence-corrected chi connectivity index (χ4v) is 0.166. The first kappa shape index (κ1) is 10.5. The van der Waals surface area contributed by atoms with E-state index in [4.69, 9.17) is 0 Å². The molecule has 0 aliphatic carbocycles. The second-order valence-corrected chi connectivity index (χ2v) is 0.845. The SMILES string of the molecule is C[CH-]OC(C)=O.[U]. The summed E-state index contributed by atoms with van der Waals surface area (Å²) in [4.78, 5) is 9.79. The van der Waals surface area contributed by atoms with Gasteiger partial charge in [0, 0.05) is 38.0 Å². The molecular weight excluding hydrogens is 318 g/mol. The van der Waals surface area contributed by atoms with Crippen LogP contribution in [0.15, 0.2) is 0 Å². The van der Waals surface area contributed by atoms with Gasteiger partial charge < -0.3 is 4.74 Å². The molecule has 0 aliphatic rings. The third-order valence-corrected chi connectivity index (χ3v) is 0.284. The Bertz CT molecular complexity index is 53.7. The maximum Gasteiger partial charge on any atom is 0.271 e. The minimum Gasteiger partial charge on any atom is -0.637 e. The van der Waals surface area contributed by atoms with Gasteiger partial charge in [-0.3, -0.25) is 4.79 Å². The molecule has 0 bridgehead atoms. The summed E-state index contributed by atoms with van der Waals surface area (Å²) >= 11 is 0. The summed E-state index contributed by atoms with van der Waals surface area (Å²) in [6.07, 6.45) is 0. The van der Waals surface area contributed by atoms with Crippen LogP contribution in [0.1, 0.15) is 13.8 Å². The largest absolute Gasteiger partial charge is 0.637 e. The fourth-order valence-electron chi connectivity index (χ4n) is 0.166. The van der Waals surface area contributed by atoms with Crippen molar-refractivity contribution < 1.29 is 40.6 Å². The summed E-state index contributed by atoms with van der Waals surface area (Å²) in [5.41, 5.74) is 0. The minimum absolute atomic E-state index is 0. The van der Waals surface area contributed by atoms with E-state index in [-0.39, 0.29) is 37.1 Å². The minimum atomic E-state index is -0.266. The predicted octanol–water partition coefficient (Wildman–Crippen LogP) is 0.731. The van der Waals surface area contributed by atoms with Gasteiger partial charge in [-0.15, -0.1) is 0 Å². The molecule has 0 saturated heterocycles. The molecule has 0 spiro atoms. The Morgan fingerprint density at radius 2 is 2.14 bits per heavy atom. The number of hydrogen-bond donors (Lipinski definition) is 0. The van der Waals surface area contributed by atoms with Crippen molar-refractivity contribution in [2.75, 3.05) is 0 Å². The molecule has 0 heterocycles. The molecule has 2 nitrogen and oxygen atoms in total. The zero-order chi connectivity index (χ0) is 4.99. The van der Waals surface area contributed by atoms with Crippen molar-refractivity contribution >= 4 is 5.97 Å².